The Bertz CT molecular complexity index is 1740. The second kappa shape index (κ2) is 8.12. The van der Waals surface area contributed by atoms with Crippen LogP contribution in [0.5, 0.6) is 5.88 Å². The number of hydrogen-bond donors (Lipinski definition) is 1. The molecule has 2 unspecified atom stereocenters. The number of amides is 2. The van der Waals surface area contributed by atoms with Crippen molar-refractivity contribution in [2.24, 2.45) is 18.9 Å². The van der Waals surface area contributed by atoms with E-state index < -0.39 is 29.1 Å². The van der Waals surface area contributed by atoms with Gasteiger partial charge in [-0.1, -0.05) is 42.5 Å². The molecule has 9 heteroatoms. The van der Waals surface area contributed by atoms with Crippen molar-refractivity contribution in [1.82, 2.24) is 9.78 Å². The van der Waals surface area contributed by atoms with Crippen LogP contribution in [0, 0.1) is 18.4 Å². The topological polar surface area (TPSA) is 98.3 Å². The van der Waals surface area contributed by atoms with Gasteiger partial charge in [-0.2, -0.15) is 0 Å². The van der Waals surface area contributed by atoms with Gasteiger partial charge in [0, 0.05) is 19.9 Å². The number of carbonyl (C=O) groups excluding carboxylic acids is 2. The number of carbonyl (C=O) groups is 2. The van der Waals surface area contributed by atoms with Crippen molar-refractivity contribution < 1.29 is 24.2 Å². The van der Waals surface area contributed by atoms with Crippen molar-refractivity contribution in [3.8, 4) is 5.88 Å². The first-order valence-corrected chi connectivity index (χ1v) is 13.0. The van der Waals surface area contributed by atoms with Crippen LogP contribution in [0.3, 0.4) is 0 Å². The maximum Gasteiger partial charge on any atom is 0.240 e. The van der Waals surface area contributed by atoms with Gasteiger partial charge in [0.1, 0.15) is 5.60 Å². The number of aryl methyl sites for hydroxylation is 1. The molecule has 0 radical (unpaired) electrons. The van der Waals surface area contributed by atoms with Gasteiger partial charge in [0.05, 0.1) is 53.3 Å². The van der Waals surface area contributed by atoms with Crippen LogP contribution in [0.25, 0.3) is 26.5 Å². The molecular formula is C30H26N4O5. The minimum absolute atomic E-state index is 0.205. The summed E-state index contributed by atoms with van der Waals surface area (Å²) in [6.07, 6.45) is -0.343. The van der Waals surface area contributed by atoms with E-state index >= 15 is 0 Å². The largest absolute Gasteiger partial charge is 0.476 e. The second-order valence-electron chi connectivity index (χ2n) is 10.8. The highest BCUT2D eigenvalue weighted by atomic mass is 16.6. The smallest absolute Gasteiger partial charge is 0.240 e. The average Bonchev–Trinajstić information content (AvgIpc) is 3.58. The zero-order valence-corrected chi connectivity index (χ0v) is 21.5. The Morgan fingerprint density at radius 2 is 1.74 bits per heavy atom. The first-order chi connectivity index (χ1) is 18.8. The number of ether oxygens (including phenoxy) is 2. The van der Waals surface area contributed by atoms with Gasteiger partial charge < -0.3 is 14.6 Å². The molecule has 3 fully saturated rings. The van der Waals surface area contributed by atoms with Gasteiger partial charge in [0.25, 0.3) is 0 Å². The lowest BCUT2D eigenvalue weighted by molar-refractivity contribution is -0.134. The van der Waals surface area contributed by atoms with Crippen LogP contribution >= 0.6 is 0 Å². The first-order valence-electron chi connectivity index (χ1n) is 13.0. The van der Waals surface area contributed by atoms with Crippen LogP contribution in [0.4, 0.5) is 11.4 Å². The summed E-state index contributed by atoms with van der Waals surface area (Å²) in [6.45, 7) is 9.44. The number of aromatic nitrogens is 2. The number of aliphatic hydroxyl groups is 1. The van der Waals surface area contributed by atoms with Crippen molar-refractivity contribution in [3.63, 3.8) is 0 Å². The minimum atomic E-state index is -1.18. The minimum Gasteiger partial charge on any atom is -0.476 e. The van der Waals surface area contributed by atoms with Crippen LogP contribution in [0.2, 0.25) is 0 Å². The molecule has 9 nitrogen and oxygen atoms in total. The molecule has 0 aliphatic carbocycles. The first kappa shape index (κ1) is 23.8. The van der Waals surface area contributed by atoms with Crippen molar-refractivity contribution in [2.75, 3.05) is 11.5 Å². The number of rotatable bonds is 5. The van der Waals surface area contributed by atoms with E-state index in [4.69, 9.17) is 16.0 Å². The molecular weight excluding hydrogens is 496 g/mol. The number of benzene rings is 3. The van der Waals surface area contributed by atoms with Gasteiger partial charge in [0.15, 0.2) is 5.69 Å². The Morgan fingerprint density at radius 3 is 2.51 bits per heavy atom. The molecule has 3 aromatic carbocycles. The third-order valence-corrected chi connectivity index (χ3v) is 8.84. The zero-order valence-electron chi connectivity index (χ0n) is 21.5. The number of anilines is 1. The van der Waals surface area contributed by atoms with E-state index in [1.165, 1.54) is 4.90 Å². The van der Waals surface area contributed by atoms with E-state index in [2.05, 4.69) is 9.94 Å². The molecule has 1 aromatic heterocycles. The van der Waals surface area contributed by atoms with Crippen LogP contribution in [0.1, 0.15) is 19.8 Å². The normalized spacial score (nSPS) is 29.4. The van der Waals surface area contributed by atoms with E-state index in [9.17, 15) is 14.7 Å². The second-order valence-corrected chi connectivity index (χ2v) is 10.8. The van der Waals surface area contributed by atoms with Crippen LogP contribution in [0.15, 0.2) is 60.7 Å². The maximum absolute atomic E-state index is 14.1. The molecule has 1 N–H and O–H groups in total. The molecule has 0 spiro atoms. The van der Waals surface area contributed by atoms with E-state index in [0.717, 1.165) is 10.9 Å². The summed E-state index contributed by atoms with van der Waals surface area (Å²) < 4.78 is 14.3. The van der Waals surface area contributed by atoms with Crippen molar-refractivity contribution in [3.05, 3.63) is 72.1 Å². The SMILES string of the molecule is [C-]#[N+]c1ccc(N2C(=O)[C@@H]3[C@H](C2=O)C2(C)OC3(CCOc3nn(C)c4ccccc34)C[C@H]2O)c2ccccc12. The molecule has 39 heavy (non-hydrogen) atoms. The Hall–Kier alpha value is -4.26. The highest BCUT2D eigenvalue weighted by molar-refractivity contribution is 6.26. The zero-order chi connectivity index (χ0) is 27.1. The molecule has 196 valence electrons. The fraction of sp³-hybridized carbons (Fsp3) is 0.333. The van der Waals surface area contributed by atoms with Crippen molar-refractivity contribution in [2.45, 2.75) is 37.1 Å². The molecule has 3 saturated heterocycles. The standard InChI is InChI=1S/C30H26N4O5/c1-29-23(35)16-30(39-29,14-15-38-26-19-10-6-7-11-21(19)33(3)32-26)25-24(29)27(36)34(28(25)37)22-13-12-20(31-2)17-8-4-5-9-18(17)22/h4-13,23-25,35H,14-16H2,1,3H3/t23-,24-,25+,29?,30?/m1/s1. The summed E-state index contributed by atoms with van der Waals surface area (Å²) in [5.41, 5.74) is -0.385. The summed E-state index contributed by atoms with van der Waals surface area (Å²) in [5, 5.41) is 17.8. The van der Waals surface area contributed by atoms with Crippen LogP contribution in [-0.2, 0) is 21.4 Å². The summed E-state index contributed by atoms with van der Waals surface area (Å²) >= 11 is 0. The lowest BCUT2D eigenvalue weighted by atomic mass is 9.66. The van der Waals surface area contributed by atoms with E-state index in [1.54, 1.807) is 23.7 Å². The predicted octanol–water partition coefficient (Wildman–Crippen LogP) is 4.14. The highest BCUT2D eigenvalue weighted by Crippen LogP contribution is 2.62. The average molecular weight is 523 g/mol. The van der Waals surface area contributed by atoms with Gasteiger partial charge >= 0.3 is 0 Å². The van der Waals surface area contributed by atoms with Gasteiger partial charge in [-0.25, -0.2) is 9.74 Å². The number of nitrogens with zero attached hydrogens (tertiary/aromatic N) is 4. The molecule has 2 bridgehead atoms. The fourth-order valence-electron chi connectivity index (χ4n) is 7.03. The van der Waals surface area contributed by atoms with Gasteiger partial charge in [-0.15, -0.1) is 5.10 Å². The number of imide groups is 1. The molecule has 5 atom stereocenters. The van der Waals surface area contributed by atoms with E-state index in [1.807, 2.05) is 55.6 Å². The summed E-state index contributed by atoms with van der Waals surface area (Å²) in [6, 6.07) is 18.3. The number of fused-ring (bicyclic) bond motifs is 7. The monoisotopic (exact) mass is 522 g/mol. The molecule has 7 rings (SSSR count). The Labute approximate surface area is 224 Å². The predicted molar refractivity (Wildman–Crippen MR) is 143 cm³/mol. The third-order valence-electron chi connectivity index (χ3n) is 8.84. The molecule has 4 heterocycles. The maximum atomic E-state index is 14.1. The third kappa shape index (κ3) is 3.10. The van der Waals surface area contributed by atoms with Gasteiger partial charge in [-0.3, -0.25) is 14.3 Å². The number of aliphatic hydroxyl groups excluding tert-OH is 1. The van der Waals surface area contributed by atoms with Crippen molar-refractivity contribution in [1.29, 1.82) is 0 Å². The van der Waals surface area contributed by atoms with Crippen LogP contribution < -0.4 is 9.64 Å². The van der Waals surface area contributed by atoms with Gasteiger partial charge in [0.2, 0.25) is 17.7 Å². The number of para-hydroxylation sites is 1. The highest BCUT2D eigenvalue weighted by Gasteiger charge is 2.77. The molecule has 4 aromatic rings. The summed E-state index contributed by atoms with van der Waals surface area (Å²) in [5.74, 6) is -1.80. The fourth-order valence-corrected chi connectivity index (χ4v) is 7.03. The lowest BCUT2D eigenvalue weighted by Crippen LogP contribution is -2.49. The molecule has 3 aliphatic heterocycles. The Balaban J connectivity index is 1.23. The summed E-state index contributed by atoms with van der Waals surface area (Å²) in [4.78, 5) is 32.8. The molecule has 3 aliphatic rings. The summed E-state index contributed by atoms with van der Waals surface area (Å²) in [7, 11) is 1.85. The number of hydrogen-bond acceptors (Lipinski definition) is 6. The van der Waals surface area contributed by atoms with Crippen molar-refractivity contribution >= 4 is 44.9 Å². The van der Waals surface area contributed by atoms with Gasteiger partial charge in [-0.05, 0) is 35.9 Å². The quantitative estimate of drug-likeness (QED) is 0.313. The Kier molecular flexibility index (Phi) is 4.96. The van der Waals surface area contributed by atoms with E-state index in [0.29, 0.717) is 34.4 Å². The van der Waals surface area contributed by atoms with E-state index in [-0.39, 0.29) is 24.8 Å². The Morgan fingerprint density at radius 1 is 1.05 bits per heavy atom. The molecule has 2 amide bonds. The molecule has 0 saturated carbocycles. The van der Waals surface area contributed by atoms with Crippen LogP contribution in [-0.4, -0.2) is 50.6 Å². The lowest BCUT2D eigenvalue weighted by Gasteiger charge is -2.33.